The monoisotopic (exact) mass is 296 g/mol. The number of rotatable bonds is 4. The zero-order valence-corrected chi connectivity index (χ0v) is 13.0. The summed E-state index contributed by atoms with van der Waals surface area (Å²) in [5.41, 5.74) is 0.997. The number of nitrogens with one attached hydrogen (secondary N) is 1. The fourth-order valence-electron chi connectivity index (χ4n) is 1.97. The maximum absolute atomic E-state index is 11.9. The minimum atomic E-state index is -0.887. The molecule has 1 amide bonds. The fraction of sp³-hybridized carbons (Fsp3) is 0.643. The molecule has 20 heavy (non-hydrogen) atoms. The Kier molecular flexibility index (Phi) is 3.86. The number of carboxylic acids is 1. The number of hydrogen-bond acceptors (Lipinski definition) is 4. The van der Waals surface area contributed by atoms with Crippen LogP contribution >= 0.6 is 11.3 Å². The van der Waals surface area contributed by atoms with Gasteiger partial charge >= 0.3 is 5.97 Å². The molecule has 5 nitrogen and oxygen atoms in total. The third-order valence-corrected chi connectivity index (χ3v) is 4.49. The highest BCUT2D eigenvalue weighted by Gasteiger charge is 2.48. The van der Waals surface area contributed by atoms with Gasteiger partial charge in [-0.25, -0.2) is 4.98 Å². The van der Waals surface area contributed by atoms with Crippen LogP contribution in [-0.2, 0) is 15.0 Å². The van der Waals surface area contributed by atoms with Crippen molar-refractivity contribution >= 4 is 23.2 Å². The van der Waals surface area contributed by atoms with Gasteiger partial charge in [-0.1, -0.05) is 20.8 Å². The van der Waals surface area contributed by atoms with Gasteiger partial charge in [0.25, 0.3) is 0 Å². The molecule has 3 atom stereocenters. The lowest BCUT2D eigenvalue weighted by molar-refractivity contribution is -0.140. The van der Waals surface area contributed by atoms with E-state index in [1.54, 1.807) is 0 Å². The van der Waals surface area contributed by atoms with Crippen molar-refractivity contribution in [1.29, 1.82) is 0 Å². The van der Waals surface area contributed by atoms with E-state index in [4.69, 9.17) is 5.11 Å². The number of aromatic nitrogens is 1. The highest BCUT2D eigenvalue weighted by atomic mass is 32.1. The van der Waals surface area contributed by atoms with Gasteiger partial charge in [0.2, 0.25) is 5.91 Å². The van der Waals surface area contributed by atoms with Crippen molar-refractivity contribution in [1.82, 2.24) is 10.3 Å². The van der Waals surface area contributed by atoms with Crippen LogP contribution in [-0.4, -0.2) is 22.0 Å². The van der Waals surface area contributed by atoms with Gasteiger partial charge in [-0.3, -0.25) is 9.59 Å². The van der Waals surface area contributed by atoms with Crippen LogP contribution in [0.4, 0.5) is 0 Å². The first-order valence-electron chi connectivity index (χ1n) is 6.69. The van der Waals surface area contributed by atoms with Crippen LogP contribution in [0.5, 0.6) is 0 Å². The summed E-state index contributed by atoms with van der Waals surface area (Å²) in [6.07, 6.45) is 0.443. The van der Waals surface area contributed by atoms with Crippen LogP contribution in [0.1, 0.15) is 50.9 Å². The van der Waals surface area contributed by atoms with E-state index in [0.29, 0.717) is 6.42 Å². The molecule has 0 bridgehead atoms. The molecule has 0 radical (unpaired) electrons. The van der Waals surface area contributed by atoms with Crippen molar-refractivity contribution in [2.75, 3.05) is 0 Å². The molecule has 1 saturated carbocycles. The summed E-state index contributed by atoms with van der Waals surface area (Å²) < 4.78 is 0. The van der Waals surface area contributed by atoms with Crippen LogP contribution in [0, 0.1) is 11.8 Å². The smallest absolute Gasteiger partial charge is 0.307 e. The summed E-state index contributed by atoms with van der Waals surface area (Å²) in [7, 11) is 0. The van der Waals surface area contributed by atoms with E-state index >= 15 is 0 Å². The van der Waals surface area contributed by atoms with E-state index in [1.807, 2.05) is 12.3 Å². The topological polar surface area (TPSA) is 79.3 Å². The molecule has 0 aromatic carbocycles. The highest BCUT2D eigenvalue weighted by Crippen LogP contribution is 2.39. The third kappa shape index (κ3) is 3.17. The average molecular weight is 296 g/mol. The Balaban J connectivity index is 1.95. The zero-order valence-electron chi connectivity index (χ0n) is 12.1. The Bertz CT molecular complexity index is 533. The summed E-state index contributed by atoms with van der Waals surface area (Å²) in [4.78, 5) is 27.2. The van der Waals surface area contributed by atoms with Gasteiger partial charge in [0.1, 0.15) is 5.01 Å². The van der Waals surface area contributed by atoms with Gasteiger partial charge in [0.05, 0.1) is 23.6 Å². The summed E-state index contributed by atoms with van der Waals surface area (Å²) >= 11 is 1.52. The standard InChI is InChI=1S/C14H20N2O3S/c1-7(12-16-10(6-20-12)14(2,3)4)15-11(17)8-5-9(8)13(18)19/h6-9H,5H2,1-4H3,(H,15,17)(H,18,19)/t7-,8-,9-/m0/s1. The lowest BCUT2D eigenvalue weighted by Crippen LogP contribution is -2.29. The van der Waals surface area contributed by atoms with Gasteiger partial charge in [0, 0.05) is 10.8 Å². The maximum atomic E-state index is 11.9. The molecule has 2 N–H and O–H groups in total. The van der Waals surface area contributed by atoms with Gasteiger partial charge < -0.3 is 10.4 Å². The first-order valence-corrected chi connectivity index (χ1v) is 7.57. The number of carbonyl (C=O) groups is 2. The molecule has 0 unspecified atom stereocenters. The van der Waals surface area contributed by atoms with Crippen molar-refractivity contribution in [3.63, 3.8) is 0 Å². The Labute approximate surface area is 122 Å². The van der Waals surface area contributed by atoms with Crippen molar-refractivity contribution < 1.29 is 14.7 Å². The SMILES string of the molecule is C[C@H](NC(=O)[C@H]1C[C@@H]1C(=O)O)c1nc(C(C)(C)C)cs1. The molecule has 0 aliphatic heterocycles. The molecular weight excluding hydrogens is 276 g/mol. The minimum Gasteiger partial charge on any atom is -0.481 e. The van der Waals surface area contributed by atoms with E-state index in [0.717, 1.165) is 10.7 Å². The van der Waals surface area contributed by atoms with Crippen molar-refractivity contribution in [2.24, 2.45) is 11.8 Å². The molecule has 0 spiro atoms. The predicted octanol–water partition coefficient (Wildman–Crippen LogP) is 2.34. The Morgan fingerprint density at radius 2 is 2.10 bits per heavy atom. The van der Waals surface area contributed by atoms with Crippen LogP contribution in [0.2, 0.25) is 0 Å². The van der Waals surface area contributed by atoms with E-state index in [-0.39, 0.29) is 23.3 Å². The molecular formula is C14H20N2O3S. The molecule has 0 saturated heterocycles. The summed E-state index contributed by atoms with van der Waals surface area (Å²) in [6.45, 7) is 8.16. The number of carboxylic acid groups (broad SMARTS) is 1. The molecule has 1 aliphatic rings. The van der Waals surface area contributed by atoms with E-state index in [2.05, 4.69) is 31.1 Å². The minimum absolute atomic E-state index is 0.0105. The Morgan fingerprint density at radius 3 is 2.55 bits per heavy atom. The molecule has 6 heteroatoms. The lowest BCUT2D eigenvalue weighted by atomic mass is 9.93. The Hall–Kier alpha value is -1.43. The number of hydrogen-bond donors (Lipinski definition) is 2. The fourth-order valence-corrected chi connectivity index (χ4v) is 3.02. The second-order valence-electron chi connectivity index (χ2n) is 6.34. The van der Waals surface area contributed by atoms with Crippen LogP contribution in [0.3, 0.4) is 0 Å². The average Bonchev–Trinajstić information content (AvgIpc) is 2.96. The lowest BCUT2D eigenvalue weighted by Gasteiger charge is -2.15. The maximum Gasteiger partial charge on any atom is 0.307 e. The molecule has 1 fully saturated rings. The predicted molar refractivity (Wildman–Crippen MR) is 76.6 cm³/mol. The van der Waals surface area contributed by atoms with E-state index in [1.165, 1.54) is 11.3 Å². The normalized spacial score (nSPS) is 23.2. The summed E-state index contributed by atoms with van der Waals surface area (Å²) in [5.74, 6) is -1.96. The third-order valence-electron chi connectivity index (χ3n) is 3.46. The van der Waals surface area contributed by atoms with Crippen molar-refractivity contribution in [3.8, 4) is 0 Å². The summed E-state index contributed by atoms with van der Waals surface area (Å²) in [6, 6.07) is -0.182. The van der Waals surface area contributed by atoms with Gasteiger partial charge in [-0.15, -0.1) is 11.3 Å². The number of carbonyl (C=O) groups excluding carboxylic acids is 1. The quantitative estimate of drug-likeness (QED) is 0.893. The Morgan fingerprint density at radius 1 is 1.45 bits per heavy atom. The van der Waals surface area contributed by atoms with E-state index in [9.17, 15) is 9.59 Å². The number of aliphatic carboxylic acids is 1. The molecule has 2 rings (SSSR count). The first kappa shape index (κ1) is 15.0. The largest absolute Gasteiger partial charge is 0.481 e. The number of amides is 1. The molecule has 1 aromatic rings. The van der Waals surface area contributed by atoms with Crippen molar-refractivity contribution in [2.45, 2.75) is 45.6 Å². The number of thiazole rings is 1. The van der Waals surface area contributed by atoms with E-state index < -0.39 is 11.9 Å². The van der Waals surface area contributed by atoms with Gasteiger partial charge in [-0.05, 0) is 13.3 Å². The van der Waals surface area contributed by atoms with Gasteiger partial charge in [-0.2, -0.15) is 0 Å². The second kappa shape index (κ2) is 5.16. The first-order chi connectivity index (χ1) is 9.20. The summed E-state index contributed by atoms with van der Waals surface area (Å²) in [5, 5.41) is 14.5. The second-order valence-corrected chi connectivity index (χ2v) is 7.23. The van der Waals surface area contributed by atoms with Crippen LogP contribution < -0.4 is 5.32 Å². The molecule has 1 heterocycles. The number of nitrogens with zero attached hydrogens (tertiary/aromatic N) is 1. The zero-order chi connectivity index (χ0) is 15.1. The molecule has 1 aromatic heterocycles. The molecule has 110 valence electrons. The van der Waals surface area contributed by atoms with Crippen LogP contribution in [0.15, 0.2) is 5.38 Å². The van der Waals surface area contributed by atoms with Gasteiger partial charge in [0.15, 0.2) is 0 Å². The van der Waals surface area contributed by atoms with Crippen LogP contribution in [0.25, 0.3) is 0 Å². The highest BCUT2D eigenvalue weighted by molar-refractivity contribution is 7.09. The van der Waals surface area contributed by atoms with Crippen molar-refractivity contribution in [3.05, 3.63) is 16.1 Å². The molecule has 1 aliphatic carbocycles.